The summed E-state index contributed by atoms with van der Waals surface area (Å²) in [6, 6.07) is -1.71. The van der Waals surface area contributed by atoms with Crippen LogP contribution in [0.2, 0.25) is 0 Å². The third kappa shape index (κ3) is 21.7. The number of aliphatic carboxylic acids is 2. The van der Waals surface area contributed by atoms with E-state index in [0.29, 0.717) is 12.0 Å². The number of nitrogens with one attached hydrogen (secondary N) is 5. The average Bonchev–Trinajstić information content (AvgIpc) is 3.86. The van der Waals surface area contributed by atoms with Gasteiger partial charge in [0.15, 0.2) is 36.6 Å². The Balaban J connectivity index is 1.87. The molecule has 442 valence electrons. The quantitative estimate of drug-likeness (QED) is 0.0113. The number of carboxylic acid groups (broad SMARTS) is 2. The minimum absolute atomic E-state index is 0.00553. The maximum atomic E-state index is 14.2. The van der Waals surface area contributed by atoms with Crippen molar-refractivity contribution in [1.29, 1.82) is 0 Å². The lowest BCUT2D eigenvalue weighted by atomic mass is 9.98. The molecule has 0 radical (unpaired) electrons. The summed E-state index contributed by atoms with van der Waals surface area (Å²) in [5, 5.41) is 31.8. The fourth-order valence-electron chi connectivity index (χ4n) is 8.33. The zero-order valence-corrected chi connectivity index (χ0v) is 44.4. The van der Waals surface area contributed by atoms with Crippen LogP contribution in [0, 0.1) is 0 Å². The van der Waals surface area contributed by atoms with Gasteiger partial charge in [-0.15, -0.1) is 0 Å². The zero-order chi connectivity index (χ0) is 60.0. The van der Waals surface area contributed by atoms with Crippen LogP contribution >= 0.6 is 0 Å². The number of nitrogens with zero attached hydrogens (tertiary/aromatic N) is 2. The lowest BCUT2D eigenvalue weighted by molar-refractivity contribution is -0.316. The number of benzene rings is 1. The van der Waals surface area contributed by atoms with Crippen LogP contribution in [0.5, 0.6) is 0 Å². The predicted molar refractivity (Wildman–Crippen MR) is 270 cm³/mol. The van der Waals surface area contributed by atoms with E-state index in [-0.39, 0.29) is 44.7 Å². The summed E-state index contributed by atoms with van der Waals surface area (Å²) in [6.07, 6.45) is -11.6. The number of hydrogen-bond donors (Lipinski definition) is 11. The number of aliphatic imine (C=N–C) groups is 1. The van der Waals surface area contributed by atoms with Crippen molar-refractivity contribution in [3.8, 4) is 0 Å². The number of nitrogens with two attached hydrogens (primary N) is 4. The molecule has 0 aliphatic carbocycles. The first-order chi connectivity index (χ1) is 37.6. The van der Waals surface area contributed by atoms with Gasteiger partial charge >= 0.3 is 35.8 Å². The standard InChI is InChI=1S/C48H69N11O21/c1-22(76-47-40(79-26(5)63)39(78-25(4)62)38(77-24(3)61)33(80-47)21-75-23(2)60)37(46(73)74)58-43(70)30(17-27-11-7-6-8-12-27)57-42(69)31(19-36(66)67)55-35(65)20-54-41(68)29(13-9-15-53-48(51)52)56-44(71)32-14-10-16-59(32)45(72)28(49)18-34(50)64/h6-8,11-12,22,28-33,37-40,47H,9-10,13-21,49H2,1-5H3,(H2,50,64)(H,54,68)(H,55,65)(H,56,71)(H,57,69)(H,58,70)(H,66,67)(H,73,74)(H4,51,52,53)/t22-,28+,29+,30+,31+,32+,33-,37+,38-,39+,40-,47-/m1/s1. The van der Waals surface area contributed by atoms with Gasteiger partial charge in [-0.3, -0.25) is 62.5 Å². The van der Waals surface area contributed by atoms with Gasteiger partial charge in [0.25, 0.3) is 0 Å². The smallest absolute Gasteiger partial charge is 0.328 e. The molecule has 2 fully saturated rings. The molecule has 7 amide bonds. The molecule has 2 aliphatic rings. The van der Waals surface area contributed by atoms with Crippen LogP contribution in [0.15, 0.2) is 35.3 Å². The molecule has 12 atom stereocenters. The summed E-state index contributed by atoms with van der Waals surface area (Å²) in [6.45, 7) is 3.65. The summed E-state index contributed by atoms with van der Waals surface area (Å²) in [7, 11) is 0. The lowest BCUT2D eigenvalue weighted by Crippen LogP contribution is -2.64. The molecule has 0 aromatic heterocycles. The van der Waals surface area contributed by atoms with E-state index >= 15 is 0 Å². The second-order valence-corrected chi connectivity index (χ2v) is 18.4. The Bertz CT molecular complexity index is 2460. The van der Waals surface area contributed by atoms with Crippen molar-refractivity contribution in [3.05, 3.63) is 35.9 Å². The highest BCUT2D eigenvalue weighted by Crippen LogP contribution is 2.31. The first-order valence-corrected chi connectivity index (χ1v) is 24.9. The molecule has 32 heteroatoms. The van der Waals surface area contributed by atoms with Crippen LogP contribution < -0.4 is 49.5 Å². The Morgan fingerprint density at radius 1 is 0.750 bits per heavy atom. The normalized spacial score (nSPS) is 20.7. The number of carbonyl (C=O) groups excluding carboxylic acids is 11. The Kier molecular flexibility index (Phi) is 26.1. The first-order valence-electron chi connectivity index (χ1n) is 24.9. The Morgan fingerprint density at radius 2 is 1.36 bits per heavy atom. The minimum atomic E-state index is -2.06. The molecule has 15 N–H and O–H groups in total. The van der Waals surface area contributed by atoms with Crippen LogP contribution in [0.4, 0.5) is 0 Å². The second kappa shape index (κ2) is 31.8. The highest BCUT2D eigenvalue weighted by atomic mass is 16.7. The highest BCUT2D eigenvalue weighted by molar-refractivity contribution is 5.97. The van der Waals surface area contributed by atoms with Crippen LogP contribution in [-0.2, 0) is 97.2 Å². The Labute approximate surface area is 457 Å². The highest BCUT2D eigenvalue weighted by Gasteiger charge is 2.54. The van der Waals surface area contributed by atoms with Gasteiger partial charge in [0.05, 0.1) is 31.5 Å². The maximum Gasteiger partial charge on any atom is 0.328 e. The van der Waals surface area contributed by atoms with Crippen LogP contribution in [0.25, 0.3) is 0 Å². The van der Waals surface area contributed by atoms with E-state index in [1.807, 2.05) is 0 Å². The second-order valence-electron chi connectivity index (χ2n) is 18.4. The molecule has 2 heterocycles. The van der Waals surface area contributed by atoms with E-state index < -0.39 is 176 Å². The summed E-state index contributed by atoms with van der Waals surface area (Å²) in [5.74, 6) is -14.2. The summed E-state index contributed by atoms with van der Waals surface area (Å²) >= 11 is 0. The average molecular weight is 1140 g/mol. The van der Waals surface area contributed by atoms with Crippen molar-refractivity contribution >= 4 is 83.1 Å². The Morgan fingerprint density at radius 3 is 1.94 bits per heavy atom. The van der Waals surface area contributed by atoms with Gasteiger partial charge in [0.1, 0.15) is 36.9 Å². The molecule has 2 aliphatic heterocycles. The minimum Gasteiger partial charge on any atom is -0.481 e. The molecule has 1 aromatic carbocycles. The largest absolute Gasteiger partial charge is 0.481 e. The predicted octanol–water partition coefficient (Wildman–Crippen LogP) is -5.42. The molecule has 1 aromatic rings. The fraction of sp³-hybridized carbons (Fsp3) is 0.583. The van der Waals surface area contributed by atoms with E-state index in [9.17, 15) is 72.5 Å². The van der Waals surface area contributed by atoms with Gasteiger partial charge < -0.3 is 93.1 Å². The molecule has 2 saturated heterocycles. The van der Waals surface area contributed by atoms with E-state index in [1.54, 1.807) is 30.3 Å². The number of rotatable bonds is 30. The Hall–Kier alpha value is -8.52. The molecular weight excluding hydrogens is 1070 g/mol. The van der Waals surface area contributed by atoms with Gasteiger partial charge in [0.2, 0.25) is 41.4 Å². The molecule has 80 heavy (non-hydrogen) atoms. The van der Waals surface area contributed by atoms with E-state index in [0.717, 1.165) is 39.5 Å². The maximum absolute atomic E-state index is 14.2. The van der Waals surface area contributed by atoms with E-state index in [2.05, 4.69) is 31.6 Å². The fourth-order valence-corrected chi connectivity index (χ4v) is 8.33. The lowest BCUT2D eigenvalue weighted by Gasteiger charge is -2.45. The van der Waals surface area contributed by atoms with Gasteiger partial charge in [-0.25, -0.2) is 4.79 Å². The topological polar surface area (TPSA) is 498 Å². The number of primary amides is 1. The van der Waals surface area contributed by atoms with Gasteiger partial charge in [-0.1, -0.05) is 30.3 Å². The third-order valence-corrected chi connectivity index (χ3v) is 11.9. The number of hydrogen-bond acceptors (Lipinski definition) is 21. The number of carboxylic acids is 2. The summed E-state index contributed by atoms with van der Waals surface area (Å²) in [5.41, 5.74) is 22.2. The number of amides is 7. The van der Waals surface area contributed by atoms with Gasteiger partial charge in [0, 0.05) is 47.2 Å². The van der Waals surface area contributed by atoms with Crippen LogP contribution in [0.1, 0.15) is 78.7 Å². The van der Waals surface area contributed by atoms with Gasteiger partial charge in [-0.05, 0) is 38.2 Å². The van der Waals surface area contributed by atoms with Crippen molar-refractivity contribution in [1.82, 2.24) is 31.5 Å². The summed E-state index contributed by atoms with van der Waals surface area (Å²) < 4.78 is 33.0. The number of likely N-dealkylation sites (tertiary alicyclic amines) is 1. The van der Waals surface area contributed by atoms with E-state index in [4.69, 9.17) is 51.4 Å². The summed E-state index contributed by atoms with van der Waals surface area (Å²) in [4.78, 5) is 172. The van der Waals surface area contributed by atoms with Gasteiger partial charge in [-0.2, -0.15) is 0 Å². The van der Waals surface area contributed by atoms with E-state index in [1.165, 1.54) is 0 Å². The number of carbonyl (C=O) groups is 13. The first kappa shape index (κ1) is 65.8. The van der Waals surface area contributed by atoms with Crippen molar-refractivity contribution in [2.45, 2.75) is 153 Å². The van der Waals surface area contributed by atoms with Crippen LogP contribution in [-0.4, -0.2) is 198 Å². The van der Waals surface area contributed by atoms with Crippen LogP contribution in [0.3, 0.4) is 0 Å². The molecule has 0 spiro atoms. The number of esters is 4. The van der Waals surface area contributed by atoms with Crippen molar-refractivity contribution in [3.63, 3.8) is 0 Å². The van der Waals surface area contributed by atoms with Crippen molar-refractivity contribution in [2.75, 3.05) is 26.2 Å². The molecule has 0 bridgehead atoms. The molecular formula is C48H69N11O21. The number of ether oxygens (including phenoxy) is 6. The molecule has 0 saturated carbocycles. The SMILES string of the molecule is CC(=O)OC[C@H]1O[C@@H](O[C@H](C)[C@H](NC(=O)[C@H](Cc2ccccc2)NC(=O)[C@H](CC(=O)O)NC(=O)CNC(=O)[C@H](CCCN=C(N)N)NC(=O)[C@@H]2CCCN2C(=O)[C@@H](N)CC(N)=O)C(=O)O)[C@H](OC(C)=O)[C@@H](OC(C)=O)[C@@H]1OC(C)=O. The molecule has 32 nitrogen and oxygen atoms in total. The molecule has 0 unspecified atom stereocenters. The zero-order valence-electron chi connectivity index (χ0n) is 44.4. The monoisotopic (exact) mass is 1140 g/mol. The third-order valence-electron chi connectivity index (χ3n) is 11.9. The van der Waals surface area contributed by atoms with Crippen molar-refractivity contribution in [2.24, 2.45) is 27.9 Å². The number of guanidine groups is 1. The molecule has 3 rings (SSSR count). The van der Waals surface area contributed by atoms with Crippen molar-refractivity contribution < 1.29 is 101 Å².